The molecule has 0 atom stereocenters. The molecule has 2 heterocycles. The van der Waals surface area contributed by atoms with E-state index in [1.165, 1.54) is 25.7 Å². The van der Waals surface area contributed by atoms with E-state index in [0.29, 0.717) is 17.3 Å². The minimum atomic E-state index is 0.412. The third kappa shape index (κ3) is 3.23. The van der Waals surface area contributed by atoms with Gasteiger partial charge in [0, 0.05) is 16.9 Å². The molecule has 3 rings (SSSR count). The number of aromatic nitrogens is 3. The van der Waals surface area contributed by atoms with E-state index in [4.69, 9.17) is 0 Å². The third-order valence-corrected chi connectivity index (χ3v) is 4.53. The average molecular weight is 348 g/mol. The van der Waals surface area contributed by atoms with Gasteiger partial charge in [-0.05, 0) is 40.9 Å². The molecule has 1 fully saturated rings. The largest absolute Gasteiger partial charge is 0.298 e. The number of carbonyl (C=O) groups excluding carboxylic acids is 1. The second-order valence-corrected chi connectivity index (χ2v) is 6.45. The number of carbonyl (C=O) groups is 1. The summed E-state index contributed by atoms with van der Waals surface area (Å²) in [6.45, 7) is 0. The zero-order valence-electron chi connectivity index (χ0n) is 11.8. The highest BCUT2D eigenvalue weighted by atomic mass is 79.9. The molecule has 21 heavy (non-hydrogen) atoms. The fourth-order valence-electron chi connectivity index (χ4n) is 2.92. The quantitative estimate of drug-likeness (QED) is 0.610. The van der Waals surface area contributed by atoms with E-state index in [1.54, 1.807) is 6.20 Å². The van der Waals surface area contributed by atoms with Crippen molar-refractivity contribution in [1.29, 1.82) is 0 Å². The van der Waals surface area contributed by atoms with Gasteiger partial charge in [0.2, 0.25) is 0 Å². The highest BCUT2D eigenvalue weighted by Gasteiger charge is 2.19. The first-order valence-electron chi connectivity index (χ1n) is 7.44. The first kappa shape index (κ1) is 14.4. The predicted octanol–water partition coefficient (Wildman–Crippen LogP) is 4.42. The maximum Gasteiger partial charge on any atom is 0.153 e. The molecule has 0 bridgehead atoms. The minimum Gasteiger partial charge on any atom is -0.298 e. The van der Waals surface area contributed by atoms with Crippen LogP contribution >= 0.6 is 15.9 Å². The van der Waals surface area contributed by atoms with Crippen LogP contribution in [0.3, 0.4) is 0 Å². The molecule has 2 aromatic heterocycles. The molecule has 4 nitrogen and oxygen atoms in total. The Balaban J connectivity index is 1.93. The number of nitrogens with zero attached hydrogens (tertiary/aromatic N) is 3. The lowest BCUT2D eigenvalue weighted by Gasteiger charge is -2.14. The summed E-state index contributed by atoms with van der Waals surface area (Å²) in [4.78, 5) is 15.7. The molecule has 0 radical (unpaired) electrons. The molecular formula is C16H18BrN3O. The number of hydrogen-bond donors (Lipinski definition) is 0. The molecule has 1 saturated carbocycles. The molecule has 0 spiro atoms. The van der Waals surface area contributed by atoms with Gasteiger partial charge in [-0.2, -0.15) is 5.10 Å². The SMILES string of the molecule is O=Cc1cn(C2CCCCCC2)nc1-c1ccc(Br)cn1. The van der Waals surface area contributed by atoms with Crippen molar-refractivity contribution in [3.63, 3.8) is 0 Å². The lowest BCUT2D eigenvalue weighted by Crippen LogP contribution is -2.08. The standard InChI is InChI=1S/C16H18BrN3O/c17-13-7-8-15(18-9-13)16-12(11-21)10-20(19-16)14-5-3-1-2-4-6-14/h7-11,14H,1-6H2. The van der Waals surface area contributed by atoms with E-state index < -0.39 is 0 Å². The van der Waals surface area contributed by atoms with Crippen molar-refractivity contribution in [3.8, 4) is 11.4 Å². The fourth-order valence-corrected chi connectivity index (χ4v) is 3.15. The number of pyridine rings is 1. The van der Waals surface area contributed by atoms with E-state index >= 15 is 0 Å². The van der Waals surface area contributed by atoms with Crippen molar-refractivity contribution >= 4 is 22.2 Å². The molecule has 1 aliphatic rings. The van der Waals surface area contributed by atoms with Crippen molar-refractivity contribution in [3.05, 3.63) is 34.6 Å². The summed E-state index contributed by atoms with van der Waals surface area (Å²) >= 11 is 3.37. The summed E-state index contributed by atoms with van der Waals surface area (Å²) in [5, 5.41) is 4.65. The zero-order valence-corrected chi connectivity index (χ0v) is 13.4. The van der Waals surface area contributed by atoms with Crippen LogP contribution in [0.4, 0.5) is 0 Å². The first-order chi connectivity index (χ1) is 10.3. The van der Waals surface area contributed by atoms with Gasteiger partial charge in [0.15, 0.2) is 6.29 Å². The molecule has 0 saturated heterocycles. The Morgan fingerprint density at radius 2 is 1.95 bits per heavy atom. The van der Waals surface area contributed by atoms with Crippen molar-refractivity contribution in [2.45, 2.75) is 44.6 Å². The minimum absolute atomic E-state index is 0.412. The lowest BCUT2D eigenvalue weighted by molar-refractivity contribution is 0.112. The van der Waals surface area contributed by atoms with E-state index in [9.17, 15) is 4.79 Å². The summed E-state index contributed by atoms with van der Waals surface area (Å²) in [5.74, 6) is 0. The lowest BCUT2D eigenvalue weighted by atomic mass is 10.1. The van der Waals surface area contributed by atoms with Gasteiger partial charge in [0.1, 0.15) is 5.69 Å². The van der Waals surface area contributed by atoms with Gasteiger partial charge < -0.3 is 0 Å². The van der Waals surface area contributed by atoms with E-state index in [1.807, 2.05) is 23.0 Å². The molecule has 0 aromatic carbocycles. The Labute approximate surface area is 132 Å². The Morgan fingerprint density at radius 1 is 1.19 bits per heavy atom. The Hall–Kier alpha value is -1.49. The first-order valence-corrected chi connectivity index (χ1v) is 8.23. The molecule has 5 heteroatoms. The van der Waals surface area contributed by atoms with Crippen LogP contribution in [0.25, 0.3) is 11.4 Å². The zero-order chi connectivity index (χ0) is 14.7. The second-order valence-electron chi connectivity index (χ2n) is 5.54. The van der Waals surface area contributed by atoms with Gasteiger partial charge in [0.25, 0.3) is 0 Å². The van der Waals surface area contributed by atoms with Crippen LogP contribution in [0.15, 0.2) is 29.0 Å². The number of hydrogen-bond acceptors (Lipinski definition) is 3. The number of rotatable bonds is 3. The molecule has 1 aliphatic carbocycles. The average Bonchev–Trinajstić information content (AvgIpc) is 2.75. The van der Waals surface area contributed by atoms with E-state index in [-0.39, 0.29) is 0 Å². The van der Waals surface area contributed by atoms with Crippen LogP contribution in [0.2, 0.25) is 0 Å². The summed E-state index contributed by atoms with van der Waals surface area (Å²) in [5.41, 5.74) is 2.04. The maximum absolute atomic E-state index is 11.3. The van der Waals surface area contributed by atoms with Crippen molar-refractivity contribution in [2.24, 2.45) is 0 Å². The van der Waals surface area contributed by atoms with Crippen LogP contribution in [0.1, 0.15) is 54.9 Å². The van der Waals surface area contributed by atoms with Gasteiger partial charge in [0.05, 0.1) is 17.3 Å². The van der Waals surface area contributed by atoms with Gasteiger partial charge in [-0.3, -0.25) is 14.5 Å². The van der Waals surface area contributed by atoms with Crippen LogP contribution in [-0.2, 0) is 0 Å². The Bertz CT molecular complexity index is 613. The van der Waals surface area contributed by atoms with Gasteiger partial charge in [-0.1, -0.05) is 25.7 Å². The second kappa shape index (κ2) is 6.52. The number of aldehydes is 1. The van der Waals surface area contributed by atoms with E-state index in [0.717, 1.165) is 29.3 Å². The monoisotopic (exact) mass is 347 g/mol. The van der Waals surface area contributed by atoms with Crippen LogP contribution in [0.5, 0.6) is 0 Å². The maximum atomic E-state index is 11.3. The highest BCUT2D eigenvalue weighted by Crippen LogP contribution is 2.29. The Kier molecular flexibility index (Phi) is 4.48. The predicted molar refractivity (Wildman–Crippen MR) is 85.3 cm³/mol. The third-order valence-electron chi connectivity index (χ3n) is 4.06. The summed E-state index contributed by atoms with van der Waals surface area (Å²) in [6.07, 6.45) is 11.9. The van der Waals surface area contributed by atoms with Gasteiger partial charge >= 0.3 is 0 Å². The van der Waals surface area contributed by atoms with Crippen LogP contribution < -0.4 is 0 Å². The van der Waals surface area contributed by atoms with Crippen molar-refractivity contribution in [2.75, 3.05) is 0 Å². The smallest absolute Gasteiger partial charge is 0.153 e. The molecule has 0 unspecified atom stereocenters. The van der Waals surface area contributed by atoms with E-state index in [2.05, 4.69) is 26.0 Å². The fraction of sp³-hybridized carbons (Fsp3) is 0.438. The normalized spacial score (nSPS) is 16.6. The number of halogens is 1. The molecular weight excluding hydrogens is 330 g/mol. The van der Waals surface area contributed by atoms with Crippen LogP contribution in [-0.4, -0.2) is 21.1 Å². The molecule has 110 valence electrons. The molecule has 2 aromatic rings. The van der Waals surface area contributed by atoms with Crippen LogP contribution in [0, 0.1) is 0 Å². The summed E-state index contributed by atoms with van der Waals surface area (Å²) in [6, 6.07) is 4.22. The van der Waals surface area contributed by atoms with Gasteiger partial charge in [-0.15, -0.1) is 0 Å². The van der Waals surface area contributed by atoms with Crippen molar-refractivity contribution in [1.82, 2.24) is 14.8 Å². The Morgan fingerprint density at radius 3 is 2.57 bits per heavy atom. The van der Waals surface area contributed by atoms with Crippen molar-refractivity contribution < 1.29 is 4.79 Å². The topological polar surface area (TPSA) is 47.8 Å². The molecule has 0 aliphatic heterocycles. The van der Waals surface area contributed by atoms with Gasteiger partial charge in [-0.25, -0.2) is 0 Å². The molecule has 0 N–H and O–H groups in total. The summed E-state index contributed by atoms with van der Waals surface area (Å²) in [7, 11) is 0. The summed E-state index contributed by atoms with van der Waals surface area (Å²) < 4.78 is 2.90. The highest BCUT2D eigenvalue weighted by molar-refractivity contribution is 9.10. The molecule has 0 amide bonds.